The van der Waals surface area contributed by atoms with E-state index in [4.69, 9.17) is 14.6 Å². The highest BCUT2D eigenvalue weighted by Crippen LogP contribution is 2.54. The number of halogens is 1. The predicted molar refractivity (Wildman–Crippen MR) is 143 cm³/mol. The van der Waals surface area contributed by atoms with E-state index in [-0.39, 0.29) is 17.8 Å². The number of nitrogens with one attached hydrogen (secondary N) is 2. The van der Waals surface area contributed by atoms with Gasteiger partial charge in [0.05, 0.1) is 35.4 Å². The summed E-state index contributed by atoms with van der Waals surface area (Å²) in [4.78, 5) is 15.6. The standard InChI is InChI=1S/C27H34FN3O6S/c28-18-36-24-7-5-19(17-25(24)37-21-2-1-3-21)29-26(33)22-6-4-20(30-38(34,35)15-14-32)16-23(22)31-12-10-27(8-9-27)11-13-31/h4-7,16-17,21,30,32H,1-3,8-15,18H2,(H,29,33). The first-order chi connectivity index (χ1) is 18.3. The Morgan fingerprint density at radius 3 is 2.42 bits per heavy atom. The molecule has 0 atom stereocenters. The van der Waals surface area contributed by atoms with Gasteiger partial charge in [-0.3, -0.25) is 9.52 Å². The van der Waals surface area contributed by atoms with Crippen molar-refractivity contribution < 1.29 is 32.2 Å². The average Bonchev–Trinajstić information content (AvgIpc) is 3.61. The number of benzene rings is 2. The molecule has 2 aliphatic carbocycles. The fraction of sp³-hybridized carbons (Fsp3) is 0.519. The second-order valence-electron chi connectivity index (χ2n) is 10.4. The number of amides is 1. The number of nitrogens with zero attached hydrogens (tertiary/aromatic N) is 1. The van der Waals surface area contributed by atoms with Crippen LogP contribution in [0.1, 0.15) is 55.3 Å². The minimum absolute atomic E-state index is 0.0468. The van der Waals surface area contributed by atoms with Gasteiger partial charge in [-0.15, -0.1) is 0 Å². The fourth-order valence-electron chi connectivity index (χ4n) is 5.02. The molecule has 2 aromatic carbocycles. The summed E-state index contributed by atoms with van der Waals surface area (Å²) in [5.41, 5.74) is 2.29. The summed E-state index contributed by atoms with van der Waals surface area (Å²) in [5.74, 6) is -0.112. The summed E-state index contributed by atoms with van der Waals surface area (Å²) in [6, 6.07) is 9.67. The Morgan fingerprint density at radius 2 is 1.79 bits per heavy atom. The zero-order valence-electron chi connectivity index (χ0n) is 21.2. The van der Waals surface area contributed by atoms with Crippen LogP contribution in [0, 0.1) is 5.41 Å². The van der Waals surface area contributed by atoms with Crippen LogP contribution >= 0.6 is 0 Å². The van der Waals surface area contributed by atoms with Gasteiger partial charge in [-0.05, 0) is 80.7 Å². The van der Waals surface area contributed by atoms with E-state index in [1.807, 2.05) is 0 Å². The third kappa shape index (κ3) is 6.15. The van der Waals surface area contributed by atoms with Gasteiger partial charge in [0.25, 0.3) is 5.91 Å². The normalized spacial score (nSPS) is 18.5. The van der Waals surface area contributed by atoms with Crippen molar-refractivity contribution in [2.45, 2.75) is 51.0 Å². The molecule has 3 fully saturated rings. The zero-order valence-corrected chi connectivity index (χ0v) is 22.1. The van der Waals surface area contributed by atoms with Crippen LogP contribution in [0.25, 0.3) is 0 Å². The summed E-state index contributed by atoms with van der Waals surface area (Å²) in [6.07, 6.45) is 7.50. The maximum absolute atomic E-state index is 13.5. The van der Waals surface area contributed by atoms with E-state index < -0.39 is 29.2 Å². The molecular formula is C27H34FN3O6S. The molecule has 1 spiro atoms. The number of carbonyl (C=O) groups is 1. The largest absolute Gasteiger partial charge is 0.486 e. The molecule has 1 heterocycles. The Labute approximate surface area is 222 Å². The number of rotatable bonds is 11. The molecule has 9 nitrogen and oxygen atoms in total. The van der Waals surface area contributed by atoms with Crippen LogP contribution < -0.4 is 24.4 Å². The number of piperidine rings is 1. The Balaban J connectivity index is 1.39. The van der Waals surface area contributed by atoms with E-state index in [1.165, 1.54) is 12.8 Å². The average molecular weight is 548 g/mol. The Kier molecular flexibility index (Phi) is 7.67. The quantitative estimate of drug-likeness (QED) is 0.384. The number of anilines is 3. The molecule has 0 unspecified atom stereocenters. The van der Waals surface area contributed by atoms with Crippen LogP contribution in [0.3, 0.4) is 0 Å². The maximum atomic E-state index is 13.5. The molecule has 206 valence electrons. The monoisotopic (exact) mass is 547 g/mol. The first kappa shape index (κ1) is 26.6. The van der Waals surface area contributed by atoms with Gasteiger partial charge in [0.15, 0.2) is 11.5 Å². The van der Waals surface area contributed by atoms with Crippen molar-refractivity contribution >= 4 is 33.0 Å². The molecule has 1 aliphatic heterocycles. The van der Waals surface area contributed by atoms with Crippen molar-refractivity contribution in [2.75, 3.05) is 47.2 Å². The van der Waals surface area contributed by atoms with Crippen molar-refractivity contribution in [3.8, 4) is 11.5 Å². The number of sulfonamides is 1. The van der Waals surface area contributed by atoms with Gasteiger partial charge in [0, 0.05) is 24.8 Å². The van der Waals surface area contributed by atoms with Crippen molar-refractivity contribution in [2.24, 2.45) is 5.41 Å². The van der Waals surface area contributed by atoms with E-state index >= 15 is 0 Å². The first-order valence-corrected chi connectivity index (χ1v) is 14.8. The molecule has 0 bridgehead atoms. The molecule has 3 N–H and O–H groups in total. The minimum Gasteiger partial charge on any atom is -0.486 e. The summed E-state index contributed by atoms with van der Waals surface area (Å²) < 4.78 is 50.9. The van der Waals surface area contributed by atoms with Gasteiger partial charge in [0.1, 0.15) is 0 Å². The number of ether oxygens (including phenoxy) is 2. The van der Waals surface area contributed by atoms with Gasteiger partial charge in [-0.2, -0.15) is 0 Å². The van der Waals surface area contributed by atoms with Crippen molar-refractivity contribution in [3.63, 3.8) is 0 Å². The van der Waals surface area contributed by atoms with Gasteiger partial charge in [-0.25, -0.2) is 12.8 Å². The molecule has 5 rings (SSSR count). The maximum Gasteiger partial charge on any atom is 0.257 e. The van der Waals surface area contributed by atoms with Crippen LogP contribution in [0.4, 0.5) is 21.5 Å². The Morgan fingerprint density at radius 1 is 1.05 bits per heavy atom. The van der Waals surface area contributed by atoms with Gasteiger partial charge >= 0.3 is 0 Å². The minimum atomic E-state index is -3.72. The molecule has 0 aromatic heterocycles. The van der Waals surface area contributed by atoms with E-state index in [0.29, 0.717) is 33.8 Å². The van der Waals surface area contributed by atoms with Crippen LogP contribution in [0.15, 0.2) is 36.4 Å². The van der Waals surface area contributed by atoms with E-state index in [9.17, 15) is 17.6 Å². The lowest BCUT2D eigenvalue weighted by molar-refractivity contribution is 0.102. The number of carbonyl (C=O) groups excluding carboxylic acids is 1. The number of hydrogen-bond donors (Lipinski definition) is 3. The van der Waals surface area contributed by atoms with Crippen molar-refractivity contribution in [1.29, 1.82) is 0 Å². The van der Waals surface area contributed by atoms with Crippen LogP contribution in [0.5, 0.6) is 11.5 Å². The second kappa shape index (κ2) is 11.0. The number of aliphatic hydroxyl groups is 1. The predicted octanol–water partition coefficient (Wildman–Crippen LogP) is 4.29. The topological polar surface area (TPSA) is 117 Å². The third-order valence-corrected chi connectivity index (χ3v) is 9.02. The summed E-state index contributed by atoms with van der Waals surface area (Å²) >= 11 is 0. The van der Waals surface area contributed by atoms with Crippen molar-refractivity contribution in [1.82, 2.24) is 0 Å². The fourth-order valence-corrected chi connectivity index (χ4v) is 5.85. The summed E-state index contributed by atoms with van der Waals surface area (Å²) in [7, 11) is -3.72. The SMILES string of the molecule is O=C(Nc1ccc(OCF)c(OC2CCC2)c1)c1ccc(NS(=O)(=O)CCO)cc1N1CCC2(CC1)CC2. The van der Waals surface area contributed by atoms with Crippen LogP contribution in [0.2, 0.25) is 0 Å². The molecule has 2 saturated carbocycles. The molecule has 1 amide bonds. The summed E-state index contributed by atoms with van der Waals surface area (Å²) in [5, 5.41) is 12.0. The number of hydrogen-bond acceptors (Lipinski definition) is 7. The van der Waals surface area contributed by atoms with Crippen molar-refractivity contribution in [3.05, 3.63) is 42.0 Å². The summed E-state index contributed by atoms with van der Waals surface area (Å²) in [6.45, 7) is 0.0870. The first-order valence-electron chi connectivity index (χ1n) is 13.1. The van der Waals surface area contributed by atoms with Gasteiger partial charge < -0.3 is 24.8 Å². The lowest BCUT2D eigenvalue weighted by Crippen LogP contribution is -2.35. The zero-order chi connectivity index (χ0) is 26.8. The molecule has 0 radical (unpaired) electrons. The molecule has 1 saturated heterocycles. The van der Waals surface area contributed by atoms with E-state index in [2.05, 4.69) is 14.9 Å². The highest BCUT2D eigenvalue weighted by molar-refractivity contribution is 7.92. The molecule has 2 aromatic rings. The lowest BCUT2D eigenvalue weighted by Gasteiger charge is -2.35. The van der Waals surface area contributed by atoms with Crippen LogP contribution in [-0.4, -0.2) is 57.8 Å². The molecule has 3 aliphatic rings. The molecule has 11 heteroatoms. The number of alkyl halides is 1. The second-order valence-corrected chi connectivity index (χ2v) is 12.2. The highest BCUT2D eigenvalue weighted by Gasteiger charge is 2.44. The van der Waals surface area contributed by atoms with Gasteiger partial charge in [-0.1, -0.05) is 0 Å². The Hall–Kier alpha value is -3.05. The lowest BCUT2D eigenvalue weighted by atomic mass is 9.93. The van der Waals surface area contributed by atoms with E-state index in [0.717, 1.165) is 45.2 Å². The highest BCUT2D eigenvalue weighted by atomic mass is 32.2. The smallest absolute Gasteiger partial charge is 0.257 e. The molecular weight excluding hydrogens is 513 g/mol. The Bertz CT molecular complexity index is 1270. The van der Waals surface area contributed by atoms with Gasteiger partial charge in [0.2, 0.25) is 16.9 Å². The third-order valence-electron chi connectivity index (χ3n) is 7.76. The number of aliphatic hydroxyl groups excluding tert-OH is 1. The van der Waals surface area contributed by atoms with Crippen LogP contribution in [-0.2, 0) is 10.0 Å². The molecule has 38 heavy (non-hydrogen) atoms. The van der Waals surface area contributed by atoms with E-state index in [1.54, 1.807) is 36.4 Å².